The number of halogens is 4. The number of nitrogens with zero attached hydrogens (tertiary/aromatic N) is 1. The number of nitrogens with one attached hydrogen (secondary N) is 1. The lowest BCUT2D eigenvalue weighted by atomic mass is 9.99. The molecule has 186 valence electrons. The maximum absolute atomic E-state index is 13.5. The summed E-state index contributed by atoms with van der Waals surface area (Å²) in [4.78, 5) is 17.9. The molecule has 0 aliphatic heterocycles. The number of hydrogen-bond acceptors (Lipinski definition) is 3. The fraction of sp³-hybridized carbons (Fsp3) is 0.214. The minimum atomic E-state index is -4.52. The van der Waals surface area contributed by atoms with Crippen molar-refractivity contribution in [2.45, 2.75) is 32.5 Å². The Morgan fingerprint density at radius 2 is 1.83 bits per heavy atom. The third-order valence-electron chi connectivity index (χ3n) is 5.84. The molecule has 1 aromatic heterocycles. The lowest BCUT2D eigenvalue weighted by Crippen LogP contribution is -2.38. The number of carbonyl (C=O) groups excluding carboxylic acids is 1. The van der Waals surface area contributed by atoms with Gasteiger partial charge >= 0.3 is 6.18 Å². The molecule has 0 bridgehead atoms. The summed E-state index contributed by atoms with van der Waals surface area (Å²) < 4.78 is 45.4. The topological polar surface area (TPSA) is 51.2 Å². The van der Waals surface area contributed by atoms with Crippen molar-refractivity contribution in [2.75, 3.05) is 5.88 Å². The quantitative estimate of drug-likeness (QED) is 0.265. The summed E-state index contributed by atoms with van der Waals surface area (Å²) in [7, 11) is 0. The van der Waals surface area contributed by atoms with Crippen molar-refractivity contribution >= 4 is 28.4 Å². The van der Waals surface area contributed by atoms with Crippen LogP contribution >= 0.6 is 11.6 Å². The monoisotopic (exact) mass is 512 g/mol. The predicted molar refractivity (Wildman–Crippen MR) is 135 cm³/mol. The van der Waals surface area contributed by atoms with Crippen LogP contribution in [-0.2, 0) is 12.6 Å². The molecule has 0 fully saturated rings. The van der Waals surface area contributed by atoms with Crippen molar-refractivity contribution in [1.82, 2.24) is 10.3 Å². The van der Waals surface area contributed by atoms with Gasteiger partial charge in [-0.15, -0.1) is 11.6 Å². The van der Waals surface area contributed by atoms with Crippen molar-refractivity contribution in [1.29, 1.82) is 0 Å². The summed E-state index contributed by atoms with van der Waals surface area (Å²) in [5.41, 5.74) is 3.18. The smallest absolute Gasteiger partial charge is 0.416 e. The fourth-order valence-corrected chi connectivity index (χ4v) is 4.23. The Morgan fingerprint density at radius 1 is 1.06 bits per heavy atom. The average molecular weight is 513 g/mol. The highest BCUT2D eigenvalue weighted by atomic mass is 35.5. The average Bonchev–Trinajstić information content (AvgIpc) is 2.84. The Morgan fingerprint density at radius 3 is 2.56 bits per heavy atom. The number of carbonyl (C=O) groups is 1. The molecule has 4 rings (SSSR count). The highest BCUT2D eigenvalue weighted by molar-refractivity contribution is 6.18. The lowest BCUT2D eigenvalue weighted by Gasteiger charge is -2.20. The van der Waals surface area contributed by atoms with Gasteiger partial charge < -0.3 is 10.1 Å². The molecule has 4 aromatic rings. The van der Waals surface area contributed by atoms with Crippen LogP contribution in [0.1, 0.15) is 32.6 Å². The molecule has 1 atom stereocenters. The van der Waals surface area contributed by atoms with Crippen LogP contribution in [0.4, 0.5) is 13.2 Å². The normalized spacial score (nSPS) is 12.4. The van der Waals surface area contributed by atoms with Gasteiger partial charge in [-0.1, -0.05) is 48.0 Å². The molecule has 1 amide bonds. The molecule has 36 heavy (non-hydrogen) atoms. The number of para-hydroxylation sites is 1. The van der Waals surface area contributed by atoms with Crippen molar-refractivity contribution in [2.24, 2.45) is 0 Å². The van der Waals surface area contributed by atoms with Crippen LogP contribution in [0.5, 0.6) is 11.5 Å². The Balaban J connectivity index is 1.67. The van der Waals surface area contributed by atoms with E-state index in [1.54, 1.807) is 24.3 Å². The molecule has 4 nitrogen and oxygen atoms in total. The van der Waals surface area contributed by atoms with E-state index in [-0.39, 0.29) is 29.0 Å². The molecule has 1 unspecified atom stereocenters. The number of ether oxygens (including phenoxy) is 1. The number of alkyl halides is 4. The molecule has 3 aromatic carbocycles. The molecule has 1 heterocycles. The zero-order valence-electron chi connectivity index (χ0n) is 19.7. The van der Waals surface area contributed by atoms with Crippen molar-refractivity contribution in [3.63, 3.8) is 0 Å². The Bertz CT molecular complexity index is 1410. The number of aromatic nitrogens is 1. The first-order valence-corrected chi connectivity index (χ1v) is 11.8. The van der Waals surface area contributed by atoms with Gasteiger partial charge in [0.25, 0.3) is 5.91 Å². The van der Waals surface area contributed by atoms with E-state index in [1.807, 2.05) is 26.0 Å². The van der Waals surface area contributed by atoms with Crippen molar-refractivity contribution in [3.05, 3.63) is 101 Å². The lowest BCUT2D eigenvalue weighted by molar-refractivity contribution is -0.137. The van der Waals surface area contributed by atoms with Crippen molar-refractivity contribution < 1.29 is 22.7 Å². The number of pyridine rings is 1. The second-order valence-electron chi connectivity index (χ2n) is 8.60. The minimum absolute atomic E-state index is 0.0466. The van der Waals surface area contributed by atoms with E-state index in [9.17, 15) is 18.0 Å². The van der Waals surface area contributed by atoms with Crippen LogP contribution in [-0.4, -0.2) is 22.8 Å². The van der Waals surface area contributed by atoms with Gasteiger partial charge in [0.15, 0.2) is 5.75 Å². The third-order valence-corrected chi connectivity index (χ3v) is 6.22. The van der Waals surface area contributed by atoms with E-state index in [2.05, 4.69) is 16.4 Å². The molecule has 0 radical (unpaired) electrons. The molecule has 0 saturated heterocycles. The van der Waals surface area contributed by atoms with Crippen LogP contribution in [0.25, 0.3) is 10.9 Å². The summed E-state index contributed by atoms with van der Waals surface area (Å²) in [6, 6.07) is 17.2. The van der Waals surface area contributed by atoms with Crippen molar-refractivity contribution in [3.8, 4) is 11.5 Å². The Labute approximate surface area is 212 Å². The van der Waals surface area contributed by atoms with Gasteiger partial charge in [0.05, 0.1) is 22.8 Å². The number of benzene rings is 3. The molecule has 0 aliphatic rings. The maximum Gasteiger partial charge on any atom is 0.416 e. The van der Waals surface area contributed by atoms with Gasteiger partial charge in [-0.3, -0.25) is 9.78 Å². The zero-order chi connectivity index (χ0) is 25.9. The van der Waals surface area contributed by atoms with Gasteiger partial charge in [-0.05, 0) is 55.7 Å². The highest BCUT2D eigenvalue weighted by Gasteiger charge is 2.31. The molecular formula is C28H24ClF3N2O2. The second-order valence-corrected chi connectivity index (χ2v) is 8.91. The Kier molecular flexibility index (Phi) is 7.50. The van der Waals surface area contributed by atoms with Gasteiger partial charge in [0, 0.05) is 17.3 Å². The SMILES string of the molecule is Cc1ccc(CC(CCl)NC(=O)c2c(Oc3cccc(C(F)(F)F)c3)cnc3ccccc23)c(C)c1. The Hall–Kier alpha value is -3.58. The number of hydrogen-bond donors (Lipinski definition) is 1. The van der Waals surface area contributed by atoms with Crippen LogP contribution in [0.15, 0.2) is 72.9 Å². The van der Waals surface area contributed by atoms with Crippen LogP contribution in [0, 0.1) is 13.8 Å². The molecule has 0 spiro atoms. The fourth-order valence-electron chi connectivity index (χ4n) is 4.04. The summed E-state index contributed by atoms with van der Waals surface area (Å²) >= 11 is 6.22. The number of fused-ring (bicyclic) bond motifs is 1. The zero-order valence-corrected chi connectivity index (χ0v) is 20.5. The van der Waals surface area contributed by atoms with E-state index in [4.69, 9.17) is 16.3 Å². The first-order valence-electron chi connectivity index (χ1n) is 11.3. The van der Waals surface area contributed by atoms with E-state index >= 15 is 0 Å². The highest BCUT2D eigenvalue weighted by Crippen LogP contribution is 2.35. The standard InChI is InChI=1S/C28H24ClF3N2O2/c1-17-10-11-19(18(2)12-17)13-21(15-29)34-27(35)26-23-8-3-4-9-24(23)33-16-25(26)36-22-7-5-6-20(14-22)28(30,31)32/h3-12,14,16,21H,13,15H2,1-2H3,(H,34,35). The van der Waals surface area contributed by atoms with Gasteiger partial charge in [0.1, 0.15) is 5.75 Å². The number of aryl methyl sites for hydroxylation is 2. The van der Waals surface area contributed by atoms with E-state index in [1.165, 1.54) is 18.3 Å². The molecular weight excluding hydrogens is 489 g/mol. The molecule has 1 N–H and O–H groups in total. The number of amides is 1. The van der Waals surface area contributed by atoms with Crippen LogP contribution < -0.4 is 10.1 Å². The first-order chi connectivity index (χ1) is 17.2. The molecule has 0 aliphatic carbocycles. The van der Waals surface area contributed by atoms with Crippen LogP contribution in [0.2, 0.25) is 0 Å². The largest absolute Gasteiger partial charge is 0.455 e. The number of rotatable bonds is 7. The van der Waals surface area contributed by atoms with E-state index in [0.717, 1.165) is 28.8 Å². The van der Waals surface area contributed by atoms with E-state index in [0.29, 0.717) is 17.3 Å². The summed E-state index contributed by atoms with van der Waals surface area (Å²) in [6.45, 7) is 4.02. The van der Waals surface area contributed by atoms with Gasteiger partial charge in [0.2, 0.25) is 0 Å². The molecule has 8 heteroatoms. The minimum Gasteiger partial charge on any atom is -0.455 e. The predicted octanol–water partition coefficient (Wildman–Crippen LogP) is 7.24. The van der Waals surface area contributed by atoms with Gasteiger partial charge in [-0.2, -0.15) is 13.2 Å². The maximum atomic E-state index is 13.5. The summed E-state index contributed by atoms with van der Waals surface area (Å²) in [5.74, 6) is -0.289. The van der Waals surface area contributed by atoms with E-state index < -0.39 is 17.6 Å². The summed E-state index contributed by atoms with van der Waals surface area (Å²) in [5, 5.41) is 3.48. The second kappa shape index (κ2) is 10.6. The third kappa shape index (κ3) is 5.79. The van der Waals surface area contributed by atoms with Crippen LogP contribution in [0.3, 0.4) is 0 Å². The molecule has 0 saturated carbocycles. The first kappa shape index (κ1) is 25.5. The van der Waals surface area contributed by atoms with Gasteiger partial charge in [-0.25, -0.2) is 0 Å². The summed E-state index contributed by atoms with van der Waals surface area (Å²) in [6.07, 6.45) is -2.66.